The van der Waals surface area contributed by atoms with E-state index < -0.39 is 12.0 Å². The highest BCUT2D eigenvalue weighted by molar-refractivity contribution is 5.73. The van der Waals surface area contributed by atoms with Gasteiger partial charge in [-0.3, -0.25) is 14.5 Å². The Hall–Kier alpha value is -2.08. The number of carbonyl (C=O) groups is 2. The van der Waals surface area contributed by atoms with Crippen LogP contribution in [0.15, 0.2) is 30.3 Å². The van der Waals surface area contributed by atoms with Gasteiger partial charge in [-0.2, -0.15) is 0 Å². The van der Waals surface area contributed by atoms with E-state index in [9.17, 15) is 9.59 Å². The van der Waals surface area contributed by atoms with Crippen LogP contribution >= 0.6 is 0 Å². The van der Waals surface area contributed by atoms with Gasteiger partial charge in [-0.15, -0.1) is 0 Å². The van der Waals surface area contributed by atoms with Gasteiger partial charge in [0.25, 0.3) is 0 Å². The molecule has 0 aliphatic rings. The van der Waals surface area contributed by atoms with Crippen molar-refractivity contribution in [2.45, 2.75) is 26.3 Å². The molecule has 1 unspecified atom stereocenters. The van der Waals surface area contributed by atoms with Crippen molar-refractivity contribution in [2.24, 2.45) is 0 Å². The van der Waals surface area contributed by atoms with Crippen molar-refractivity contribution in [3.63, 3.8) is 0 Å². The lowest BCUT2D eigenvalue weighted by atomic mass is 10.2. The maximum Gasteiger partial charge on any atom is 0.320 e. The van der Waals surface area contributed by atoms with Gasteiger partial charge < -0.3 is 15.2 Å². The van der Waals surface area contributed by atoms with E-state index in [-0.39, 0.29) is 5.91 Å². The van der Waals surface area contributed by atoms with Crippen LogP contribution in [-0.4, -0.2) is 54.2 Å². The molecule has 0 spiro atoms. The summed E-state index contributed by atoms with van der Waals surface area (Å²) < 4.78 is 5.60. The van der Waals surface area contributed by atoms with Gasteiger partial charge in [0, 0.05) is 26.6 Å². The fraction of sp³-hybridized carbons (Fsp3) is 0.500. The number of carboxylic acid groups (broad SMARTS) is 1. The summed E-state index contributed by atoms with van der Waals surface area (Å²) in [5.41, 5.74) is 0. The molecule has 0 fully saturated rings. The molecule has 122 valence electrons. The van der Waals surface area contributed by atoms with Gasteiger partial charge in [0.1, 0.15) is 11.8 Å². The minimum atomic E-state index is -0.869. The second kappa shape index (κ2) is 9.78. The number of hydrogen-bond donors (Lipinski definition) is 2. The van der Waals surface area contributed by atoms with Crippen molar-refractivity contribution in [1.29, 1.82) is 0 Å². The molecular formula is C16H24N2O4. The predicted octanol–water partition coefficient (Wildman–Crippen LogP) is 1.37. The molecule has 1 rings (SSSR count). The Kier molecular flexibility index (Phi) is 7.99. The third-order valence-corrected chi connectivity index (χ3v) is 3.28. The summed E-state index contributed by atoms with van der Waals surface area (Å²) >= 11 is 0. The van der Waals surface area contributed by atoms with E-state index in [0.717, 1.165) is 5.75 Å². The smallest absolute Gasteiger partial charge is 0.320 e. The largest absolute Gasteiger partial charge is 0.494 e. The average molecular weight is 308 g/mol. The monoisotopic (exact) mass is 308 g/mol. The van der Waals surface area contributed by atoms with Crippen LogP contribution in [0.4, 0.5) is 0 Å². The topological polar surface area (TPSA) is 78.9 Å². The number of hydrogen-bond acceptors (Lipinski definition) is 4. The van der Waals surface area contributed by atoms with E-state index in [1.807, 2.05) is 35.2 Å². The molecule has 0 aromatic heterocycles. The van der Waals surface area contributed by atoms with Gasteiger partial charge in [-0.05, 0) is 25.5 Å². The molecule has 6 nitrogen and oxygen atoms in total. The van der Waals surface area contributed by atoms with Gasteiger partial charge in [0.05, 0.1) is 6.61 Å². The van der Waals surface area contributed by atoms with Crippen molar-refractivity contribution < 1.29 is 19.4 Å². The molecular weight excluding hydrogens is 284 g/mol. The molecule has 0 radical (unpaired) electrons. The Labute approximate surface area is 131 Å². The summed E-state index contributed by atoms with van der Waals surface area (Å²) in [5.74, 6) is -0.180. The lowest BCUT2D eigenvalue weighted by Crippen LogP contribution is -2.44. The summed E-state index contributed by atoms with van der Waals surface area (Å²) in [6, 6.07) is 8.91. The zero-order chi connectivity index (χ0) is 16.4. The lowest BCUT2D eigenvalue weighted by molar-refractivity contribution is -0.142. The Bertz CT molecular complexity index is 464. The molecule has 1 aromatic rings. The van der Waals surface area contributed by atoms with Gasteiger partial charge in [0.2, 0.25) is 5.91 Å². The summed E-state index contributed by atoms with van der Waals surface area (Å²) in [4.78, 5) is 23.8. The van der Waals surface area contributed by atoms with Crippen LogP contribution in [-0.2, 0) is 9.59 Å². The molecule has 1 atom stereocenters. The molecule has 1 aromatic carbocycles. The van der Waals surface area contributed by atoms with Crippen LogP contribution in [0.5, 0.6) is 5.75 Å². The van der Waals surface area contributed by atoms with Crippen molar-refractivity contribution in [3.8, 4) is 5.75 Å². The Morgan fingerprint density at radius 2 is 1.95 bits per heavy atom. The number of amides is 1. The molecule has 1 amide bonds. The molecule has 0 bridgehead atoms. The van der Waals surface area contributed by atoms with Crippen LogP contribution in [0.2, 0.25) is 0 Å². The van der Waals surface area contributed by atoms with E-state index in [1.165, 1.54) is 6.92 Å². The van der Waals surface area contributed by atoms with Gasteiger partial charge in [0.15, 0.2) is 0 Å². The van der Waals surface area contributed by atoms with Gasteiger partial charge >= 0.3 is 5.97 Å². The zero-order valence-electron chi connectivity index (χ0n) is 13.1. The van der Waals surface area contributed by atoms with Crippen LogP contribution in [0, 0.1) is 0 Å². The second-order valence-electron chi connectivity index (χ2n) is 5.05. The zero-order valence-corrected chi connectivity index (χ0v) is 13.1. The first-order valence-corrected chi connectivity index (χ1v) is 7.40. The van der Waals surface area contributed by atoms with Crippen molar-refractivity contribution >= 4 is 11.9 Å². The first-order chi connectivity index (χ1) is 10.5. The number of aliphatic carboxylic acids is 1. The standard InChI is InChI=1S/C16H24N2O4/c1-13(16(20)21)18(11-9-17-14(2)19)10-6-12-22-15-7-4-3-5-8-15/h3-5,7-8,13H,6,9-12H2,1-2H3,(H,17,19)(H,20,21). The van der Waals surface area contributed by atoms with E-state index in [0.29, 0.717) is 32.7 Å². The third kappa shape index (κ3) is 7.08. The average Bonchev–Trinajstić information content (AvgIpc) is 2.49. The molecule has 0 heterocycles. The highest BCUT2D eigenvalue weighted by Crippen LogP contribution is 2.09. The fourth-order valence-electron chi connectivity index (χ4n) is 2.01. The lowest BCUT2D eigenvalue weighted by Gasteiger charge is -2.26. The maximum absolute atomic E-state index is 11.1. The van der Waals surface area contributed by atoms with E-state index >= 15 is 0 Å². The Balaban J connectivity index is 2.36. The summed E-state index contributed by atoms with van der Waals surface area (Å²) in [6.45, 7) is 5.14. The second-order valence-corrected chi connectivity index (χ2v) is 5.05. The molecule has 0 aliphatic carbocycles. The Morgan fingerprint density at radius 1 is 1.27 bits per heavy atom. The number of benzene rings is 1. The van der Waals surface area contributed by atoms with Gasteiger partial charge in [-0.25, -0.2) is 0 Å². The maximum atomic E-state index is 11.1. The first kappa shape index (κ1) is 18.0. The Morgan fingerprint density at radius 3 is 2.55 bits per heavy atom. The summed E-state index contributed by atoms with van der Waals surface area (Å²) in [6.07, 6.45) is 0.715. The van der Waals surface area contributed by atoms with Crippen molar-refractivity contribution in [1.82, 2.24) is 10.2 Å². The number of carbonyl (C=O) groups excluding carboxylic acids is 1. The van der Waals surface area contributed by atoms with Crippen LogP contribution in [0.1, 0.15) is 20.3 Å². The van der Waals surface area contributed by atoms with Crippen LogP contribution in [0.3, 0.4) is 0 Å². The SMILES string of the molecule is CC(=O)NCCN(CCCOc1ccccc1)C(C)C(=O)O. The van der Waals surface area contributed by atoms with E-state index in [2.05, 4.69) is 5.32 Å². The normalized spacial score (nSPS) is 12.0. The number of para-hydroxylation sites is 1. The fourth-order valence-corrected chi connectivity index (χ4v) is 2.01. The predicted molar refractivity (Wildman–Crippen MR) is 83.9 cm³/mol. The molecule has 6 heteroatoms. The van der Waals surface area contributed by atoms with Crippen LogP contribution in [0.25, 0.3) is 0 Å². The van der Waals surface area contributed by atoms with Crippen molar-refractivity contribution in [2.75, 3.05) is 26.2 Å². The summed E-state index contributed by atoms with van der Waals surface area (Å²) in [7, 11) is 0. The van der Waals surface area contributed by atoms with E-state index in [4.69, 9.17) is 9.84 Å². The minimum absolute atomic E-state index is 0.115. The minimum Gasteiger partial charge on any atom is -0.494 e. The van der Waals surface area contributed by atoms with Crippen LogP contribution < -0.4 is 10.1 Å². The number of nitrogens with zero attached hydrogens (tertiary/aromatic N) is 1. The highest BCUT2D eigenvalue weighted by Gasteiger charge is 2.19. The highest BCUT2D eigenvalue weighted by atomic mass is 16.5. The van der Waals surface area contributed by atoms with Gasteiger partial charge in [-0.1, -0.05) is 18.2 Å². The first-order valence-electron chi connectivity index (χ1n) is 7.40. The third-order valence-electron chi connectivity index (χ3n) is 3.28. The van der Waals surface area contributed by atoms with Crippen molar-refractivity contribution in [3.05, 3.63) is 30.3 Å². The number of carboxylic acids is 1. The van der Waals surface area contributed by atoms with E-state index in [1.54, 1.807) is 6.92 Å². The quantitative estimate of drug-likeness (QED) is 0.638. The summed E-state index contributed by atoms with van der Waals surface area (Å²) in [5, 5.41) is 11.8. The molecule has 22 heavy (non-hydrogen) atoms. The number of ether oxygens (including phenoxy) is 1. The molecule has 0 aliphatic heterocycles. The number of nitrogens with one attached hydrogen (secondary N) is 1. The number of rotatable bonds is 10. The molecule has 0 saturated heterocycles. The molecule has 0 saturated carbocycles. The molecule has 2 N–H and O–H groups in total.